The van der Waals surface area contributed by atoms with E-state index >= 15 is 0 Å². The van der Waals surface area contributed by atoms with Gasteiger partial charge >= 0.3 is 0 Å². The normalized spacial score (nSPS) is 10.4. The third-order valence-corrected chi connectivity index (χ3v) is 2.77. The summed E-state index contributed by atoms with van der Waals surface area (Å²) in [5.74, 6) is 0. The monoisotopic (exact) mass is 260 g/mol. The number of nitrogens with zero attached hydrogens (tertiary/aromatic N) is 3. The van der Waals surface area contributed by atoms with Crippen LogP contribution in [0.5, 0.6) is 0 Å². The number of anilines is 1. The fourth-order valence-corrected chi connectivity index (χ4v) is 1.85. The van der Waals surface area contributed by atoms with Crippen LogP contribution in [-0.2, 0) is 6.54 Å². The highest BCUT2D eigenvalue weighted by Crippen LogP contribution is 2.24. The van der Waals surface area contributed by atoms with Gasteiger partial charge in [-0.2, -0.15) is 5.10 Å². The molecule has 1 aromatic heterocycles. The summed E-state index contributed by atoms with van der Waals surface area (Å²) in [5, 5.41) is 18.2. The first-order valence-corrected chi connectivity index (χ1v) is 6.04. The van der Waals surface area contributed by atoms with Crippen molar-refractivity contribution in [3.8, 4) is 0 Å². The molecule has 100 valence electrons. The molecule has 0 spiro atoms. The number of nitrogens with one attached hydrogen (secondary N) is 1. The first-order chi connectivity index (χ1) is 9.06. The molecule has 0 bridgehead atoms. The van der Waals surface area contributed by atoms with Crippen LogP contribution in [0.4, 0.5) is 11.4 Å². The van der Waals surface area contributed by atoms with Crippen molar-refractivity contribution in [1.82, 2.24) is 9.78 Å². The van der Waals surface area contributed by atoms with E-state index in [1.807, 2.05) is 24.7 Å². The number of aryl methyl sites for hydroxylation is 2. The van der Waals surface area contributed by atoms with Crippen molar-refractivity contribution in [3.63, 3.8) is 0 Å². The lowest BCUT2D eigenvalue weighted by Crippen LogP contribution is -2.11. The van der Waals surface area contributed by atoms with Gasteiger partial charge in [0, 0.05) is 18.8 Å². The Morgan fingerprint density at radius 1 is 1.37 bits per heavy atom. The predicted molar refractivity (Wildman–Crippen MR) is 73.3 cm³/mol. The summed E-state index contributed by atoms with van der Waals surface area (Å²) in [6, 6.07) is 5.04. The fraction of sp³-hybridized carbons (Fsp3) is 0.308. The predicted octanol–water partition coefficient (Wildman–Crippen LogP) is 2.52. The summed E-state index contributed by atoms with van der Waals surface area (Å²) in [4.78, 5) is 10.5. The van der Waals surface area contributed by atoms with E-state index in [2.05, 4.69) is 10.4 Å². The zero-order valence-corrected chi connectivity index (χ0v) is 11.0. The van der Waals surface area contributed by atoms with Crippen LogP contribution in [0, 0.1) is 24.0 Å². The van der Waals surface area contributed by atoms with Crippen LogP contribution in [0.25, 0.3) is 0 Å². The van der Waals surface area contributed by atoms with E-state index in [1.165, 1.54) is 6.07 Å². The summed E-state index contributed by atoms with van der Waals surface area (Å²) in [6.07, 6.45) is 3.72. The van der Waals surface area contributed by atoms with E-state index in [0.29, 0.717) is 18.8 Å². The maximum Gasteiger partial charge on any atom is 0.292 e. The summed E-state index contributed by atoms with van der Waals surface area (Å²) in [5.41, 5.74) is 2.74. The topological polar surface area (TPSA) is 73.0 Å². The van der Waals surface area contributed by atoms with Crippen LogP contribution >= 0.6 is 0 Å². The molecule has 0 saturated carbocycles. The Bertz CT molecular complexity index is 592. The SMILES string of the molecule is Cc1ccc([N+](=O)[O-])c(NCCn2cc(C)cn2)c1. The number of benzene rings is 1. The summed E-state index contributed by atoms with van der Waals surface area (Å²) < 4.78 is 1.81. The quantitative estimate of drug-likeness (QED) is 0.662. The van der Waals surface area contributed by atoms with Crippen molar-refractivity contribution in [2.75, 3.05) is 11.9 Å². The van der Waals surface area contributed by atoms with Gasteiger partial charge in [-0.25, -0.2) is 0 Å². The van der Waals surface area contributed by atoms with Crippen LogP contribution in [0.15, 0.2) is 30.6 Å². The Morgan fingerprint density at radius 3 is 2.79 bits per heavy atom. The molecule has 0 aliphatic heterocycles. The molecule has 1 N–H and O–H groups in total. The van der Waals surface area contributed by atoms with Crippen LogP contribution in [0.2, 0.25) is 0 Å². The molecule has 0 amide bonds. The number of nitro benzene ring substituents is 1. The second-order valence-corrected chi connectivity index (χ2v) is 4.49. The largest absolute Gasteiger partial charge is 0.378 e. The highest BCUT2D eigenvalue weighted by atomic mass is 16.6. The summed E-state index contributed by atoms with van der Waals surface area (Å²) in [6.45, 7) is 5.14. The van der Waals surface area contributed by atoms with Gasteiger partial charge in [0.2, 0.25) is 0 Å². The van der Waals surface area contributed by atoms with Gasteiger partial charge in [-0.3, -0.25) is 14.8 Å². The molecular weight excluding hydrogens is 244 g/mol. The first kappa shape index (κ1) is 13.1. The van der Waals surface area contributed by atoms with Crippen LogP contribution in [0.3, 0.4) is 0 Å². The van der Waals surface area contributed by atoms with Crippen molar-refractivity contribution in [2.24, 2.45) is 0 Å². The van der Waals surface area contributed by atoms with Gasteiger partial charge in [0.25, 0.3) is 5.69 Å². The Morgan fingerprint density at radius 2 is 2.16 bits per heavy atom. The average Bonchev–Trinajstić information content (AvgIpc) is 2.75. The molecule has 1 heterocycles. The Hall–Kier alpha value is -2.37. The van der Waals surface area contributed by atoms with Crippen molar-refractivity contribution >= 4 is 11.4 Å². The van der Waals surface area contributed by atoms with Crippen molar-refractivity contribution < 1.29 is 4.92 Å². The molecule has 0 atom stereocenters. The van der Waals surface area contributed by atoms with Gasteiger partial charge < -0.3 is 5.32 Å². The van der Waals surface area contributed by atoms with Crippen LogP contribution < -0.4 is 5.32 Å². The van der Waals surface area contributed by atoms with E-state index in [-0.39, 0.29) is 10.6 Å². The third kappa shape index (κ3) is 3.31. The number of hydrogen-bond acceptors (Lipinski definition) is 4. The number of hydrogen-bond donors (Lipinski definition) is 1. The minimum atomic E-state index is -0.375. The van der Waals surface area contributed by atoms with Gasteiger partial charge in [-0.05, 0) is 31.0 Å². The Balaban J connectivity index is 2.02. The number of nitro groups is 1. The molecule has 2 rings (SSSR count). The highest BCUT2D eigenvalue weighted by molar-refractivity contribution is 5.62. The van der Waals surface area contributed by atoms with Gasteiger partial charge in [0.15, 0.2) is 0 Å². The first-order valence-electron chi connectivity index (χ1n) is 6.04. The lowest BCUT2D eigenvalue weighted by molar-refractivity contribution is -0.384. The lowest BCUT2D eigenvalue weighted by Gasteiger charge is -2.08. The van der Waals surface area contributed by atoms with E-state index in [9.17, 15) is 10.1 Å². The summed E-state index contributed by atoms with van der Waals surface area (Å²) in [7, 11) is 0. The molecule has 0 aliphatic rings. The molecular formula is C13H16N4O2. The minimum absolute atomic E-state index is 0.0993. The van der Waals surface area contributed by atoms with E-state index in [4.69, 9.17) is 0 Å². The molecule has 0 unspecified atom stereocenters. The molecule has 6 heteroatoms. The smallest absolute Gasteiger partial charge is 0.292 e. The fourth-order valence-electron chi connectivity index (χ4n) is 1.85. The van der Waals surface area contributed by atoms with Gasteiger partial charge in [-0.1, -0.05) is 6.07 Å². The molecule has 0 radical (unpaired) electrons. The molecule has 6 nitrogen and oxygen atoms in total. The maximum absolute atomic E-state index is 10.9. The van der Waals surface area contributed by atoms with Gasteiger partial charge in [0.05, 0.1) is 17.7 Å². The number of rotatable bonds is 5. The second-order valence-electron chi connectivity index (χ2n) is 4.49. The highest BCUT2D eigenvalue weighted by Gasteiger charge is 2.12. The lowest BCUT2D eigenvalue weighted by atomic mass is 10.2. The Kier molecular flexibility index (Phi) is 3.79. The Labute approximate surface area is 111 Å². The summed E-state index contributed by atoms with van der Waals surface area (Å²) >= 11 is 0. The van der Waals surface area contributed by atoms with Crippen molar-refractivity contribution in [2.45, 2.75) is 20.4 Å². The van der Waals surface area contributed by atoms with Gasteiger partial charge in [0.1, 0.15) is 5.69 Å². The van der Waals surface area contributed by atoms with E-state index < -0.39 is 0 Å². The van der Waals surface area contributed by atoms with Crippen molar-refractivity contribution in [1.29, 1.82) is 0 Å². The molecule has 19 heavy (non-hydrogen) atoms. The molecule has 0 fully saturated rings. The second kappa shape index (κ2) is 5.51. The van der Waals surface area contributed by atoms with Gasteiger partial charge in [-0.15, -0.1) is 0 Å². The zero-order valence-electron chi connectivity index (χ0n) is 11.0. The van der Waals surface area contributed by atoms with Crippen molar-refractivity contribution in [3.05, 3.63) is 51.8 Å². The van der Waals surface area contributed by atoms with Crippen LogP contribution in [-0.4, -0.2) is 21.2 Å². The van der Waals surface area contributed by atoms with Crippen LogP contribution in [0.1, 0.15) is 11.1 Å². The molecule has 2 aromatic rings. The minimum Gasteiger partial charge on any atom is -0.378 e. The standard InChI is InChI=1S/C13H16N4O2/c1-10-3-4-13(17(18)19)12(7-10)14-5-6-16-9-11(2)8-15-16/h3-4,7-9,14H,5-6H2,1-2H3. The molecule has 0 saturated heterocycles. The molecule has 0 aliphatic carbocycles. The molecule has 1 aromatic carbocycles. The maximum atomic E-state index is 10.9. The number of aromatic nitrogens is 2. The average molecular weight is 260 g/mol. The zero-order chi connectivity index (χ0) is 13.8. The third-order valence-electron chi connectivity index (χ3n) is 2.77. The van der Waals surface area contributed by atoms with E-state index in [1.54, 1.807) is 18.3 Å². The van der Waals surface area contributed by atoms with E-state index in [0.717, 1.165) is 11.1 Å².